The molecule has 4 rings (SSSR count). The second kappa shape index (κ2) is 12.6. The number of hydrogen-bond donors (Lipinski definition) is 1. The molecule has 0 spiro atoms. The highest BCUT2D eigenvalue weighted by atomic mass is 32.2. The Hall–Kier alpha value is -3.18. The molecule has 0 aromatic heterocycles. The molecule has 1 atom stereocenters. The molecule has 7 nitrogen and oxygen atoms in total. The summed E-state index contributed by atoms with van der Waals surface area (Å²) in [4.78, 5) is 30.8. The summed E-state index contributed by atoms with van der Waals surface area (Å²) >= 11 is 0. The second-order valence-corrected chi connectivity index (χ2v) is 13.5. The highest BCUT2D eigenvalue weighted by Gasteiger charge is 2.50. The van der Waals surface area contributed by atoms with Crippen molar-refractivity contribution in [3.05, 3.63) is 78.4 Å². The Morgan fingerprint density at radius 1 is 1.12 bits per heavy atom. The summed E-state index contributed by atoms with van der Waals surface area (Å²) in [5.41, 5.74) is -2.13. The van der Waals surface area contributed by atoms with Crippen LogP contribution in [0.25, 0.3) is 0 Å². The fourth-order valence-electron chi connectivity index (χ4n) is 6.32. The van der Waals surface area contributed by atoms with Crippen molar-refractivity contribution in [3.8, 4) is 0 Å². The minimum atomic E-state index is -4.61. The maximum Gasteiger partial charge on any atom is 0.416 e. The first-order valence-electron chi connectivity index (χ1n) is 14.2. The van der Waals surface area contributed by atoms with E-state index in [2.05, 4.69) is 30.6 Å². The van der Waals surface area contributed by atoms with Crippen LogP contribution in [0.2, 0.25) is 0 Å². The van der Waals surface area contributed by atoms with Crippen LogP contribution in [-0.4, -0.2) is 72.5 Å². The molecule has 42 heavy (non-hydrogen) atoms. The predicted molar refractivity (Wildman–Crippen MR) is 155 cm³/mol. The van der Waals surface area contributed by atoms with Gasteiger partial charge in [0, 0.05) is 30.7 Å². The third kappa shape index (κ3) is 6.89. The zero-order chi connectivity index (χ0) is 30.7. The van der Waals surface area contributed by atoms with E-state index in [0.717, 1.165) is 18.2 Å². The van der Waals surface area contributed by atoms with Gasteiger partial charge in [-0.3, -0.25) is 14.5 Å². The van der Waals surface area contributed by atoms with Crippen LogP contribution in [-0.2, 0) is 20.8 Å². The number of nitrogens with one attached hydrogen (secondary N) is 1. The molecule has 2 amide bonds. The Bertz CT molecular complexity index is 1390. The Balaban J connectivity index is 1.57. The van der Waals surface area contributed by atoms with Crippen LogP contribution in [0.5, 0.6) is 0 Å². The molecule has 2 aromatic rings. The first-order valence-corrected chi connectivity index (χ1v) is 15.9. The Morgan fingerprint density at radius 3 is 2.38 bits per heavy atom. The lowest BCUT2D eigenvalue weighted by Gasteiger charge is -2.49. The lowest BCUT2D eigenvalue weighted by molar-refractivity contribution is -0.138. The summed E-state index contributed by atoms with van der Waals surface area (Å²) in [5, 5.41) is 2.60. The average Bonchev–Trinajstić information content (AvgIpc) is 3.32. The molecule has 228 valence electrons. The molecule has 11 heteroatoms. The molecular formula is C31H38F3N3O4S. The number of sulfone groups is 1. The number of hydrogen-bond acceptors (Lipinski definition) is 5. The van der Waals surface area contributed by atoms with Crippen molar-refractivity contribution in [2.45, 2.75) is 80.7 Å². The lowest BCUT2D eigenvalue weighted by atomic mass is 9.78. The number of amides is 2. The predicted octanol–water partition coefficient (Wildman–Crippen LogP) is 5.09. The third-order valence-electron chi connectivity index (χ3n) is 8.45. The van der Waals surface area contributed by atoms with Crippen LogP contribution >= 0.6 is 0 Å². The topological polar surface area (TPSA) is 86.8 Å². The zero-order valence-electron chi connectivity index (χ0n) is 23.9. The van der Waals surface area contributed by atoms with Crippen LogP contribution in [0.15, 0.2) is 72.1 Å². The fourth-order valence-corrected chi connectivity index (χ4v) is 8.21. The fraction of sp³-hybridized carbons (Fsp3) is 0.484. The maximum absolute atomic E-state index is 13.8. The van der Waals surface area contributed by atoms with E-state index in [9.17, 15) is 31.2 Å². The van der Waals surface area contributed by atoms with Gasteiger partial charge in [-0.05, 0) is 76.3 Å². The van der Waals surface area contributed by atoms with E-state index in [-0.39, 0.29) is 41.3 Å². The van der Waals surface area contributed by atoms with E-state index in [0.29, 0.717) is 32.2 Å². The number of likely N-dealkylation sites (tertiary alicyclic amines) is 1. The number of benzene rings is 2. The van der Waals surface area contributed by atoms with Gasteiger partial charge in [-0.1, -0.05) is 30.3 Å². The summed E-state index contributed by atoms with van der Waals surface area (Å²) in [5.74, 6) is -1.45. The molecule has 2 aliphatic rings. The van der Waals surface area contributed by atoms with Crippen molar-refractivity contribution in [2.75, 3.05) is 18.8 Å². The van der Waals surface area contributed by atoms with Gasteiger partial charge in [-0.25, -0.2) is 8.42 Å². The quantitative estimate of drug-likeness (QED) is 0.382. The minimum Gasteiger partial charge on any atom is -0.340 e. The molecule has 1 N–H and O–H groups in total. The first kappa shape index (κ1) is 31.7. The first-order chi connectivity index (χ1) is 19.8. The van der Waals surface area contributed by atoms with Gasteiger partial charge in [0.2, 0.25) is 5.91 Å². The van der Waals surface area contributed by atoms with E-state index < -0.39 is 45.0 Å². The van der Waals surface area contributed by atoms with E-state index in [4.69, 9.17) is 0 Å². The van der Waals surface area contributed by atoms with Crippen molar-refractivity contribution < 1.29 is 31.2 Å². The smallest absolute Gasteiger partial charge is 0.340 e. The largest absolute Gasteiger partial charge is 0.416 e. The van der Waals surface area contributed by atoms with Gasteiger partial charge in [0.1, 0.15) is 6.04 Å². The lowest BCUT2D eigenvalue weighted by Crippen LogP contribution is -2.59. The summed E-state index contributed by atoms with van der Waals surface area (Å²) in [6.07, 6.45) is -0.238. The maximum atomic E-state index is 13.8. The van der Waals surface area contributed by atoms with Crippen LogP contribution in [0.1, 0.15) is 61.9 Å². The SMILES string of the molecule is C=CCN(C(C)C)C1CCC(CS(=O)(=O)c2ccccc2)(N2CC[C@H](NC(=O)c3cccc(C(F)(F)F)c3)C2=O)CC1. The third-order valence-corrected chi connectivity index (χ3v) is 10.4. The van der Waals surface area contributed by atoms with E-state index >= 15 is 0 Å². The molecule has 1 aliphatic heterocycles. The van der Waals surface area contributed by atoms with Crippen LogP contribution in [0, 0.1) is 0 Å². The number of carbonyl (C=O) groups is 2. The Morgan fingerprint density at radius 2 is 1.79 bits per heavy atom. The highest BCUT2D eigenvalue weighted by molar-refractivity contribution is 7.91. The van der Waals surface area contributed by atoms with E-state index in [1.165, 1.54) is 6.07 Å². The van der Waals surface area contributed by atoms with Gasteiger partial charge in [0.15, 0.2) is 9.84 Å². The van der Waals surface area contributed by atoms with Gasteiger partial charge >= 0.3 is 6.18 Å². The molecule has 1 saturated heterocycles. The standard InChI is InChI=1S/C31H38F3N3O4S/c1-4-18-36(22(2)3)25-13-16-30(17-14-25,21-42(40,41)26-11-6-5-7-12-26)37-19-15-27(29(37)39)35-28(38)23-9-8-10-24(20-23)31(32,33)34/h4-12,20,22,25,27H,1,13-19,21H2,2-3H3,(H,35,38)/t25?,27-,30?/m0/s1. The summed E-state index contributed by atoms with van der Waals surface area (Å²) in [7, 11) is -3.76. The number of halogens is 3. The number of rotatable bonds is 10. The molecular weight excluding hydrogens is 567 g/mol. The van der Waals surface area contributed by atoms with Crippen LogP contribution < -0.4 is 5.32 Å². The average molecular weight is 606 g/mol. The summed E-state index contributed by atoms with van der Waals surface area (Å²) < 4.78 is 66.8. The molecule has 2 fully saturated rings. The van der Waals surface area contributed by atoms with E-state index in [1.807, 2.05) is 6.08 Å². The van der Waals surface area contributed by atoms with Crippen molar-refractivity contribution in [1.29, 1.82) is 0 Å². The van der Waals surface area contributed by atoms with Gasteiger partial charge in [-0.15, -0.1) is 6.58 Å². The minimum absolute atomic E-state index is 0.183. The van der Waals surface area contributed by atoms with Gasteiger partial charge in [0.05, 0.1) is 21.8 Å². The molecule has 1 saturated carbocycles. The number of nitrogens with zero attached hydrogens (tertiary/aromatic N) is 2. The van der Waals surface area contributed by atoms with Gasteiger partial charge < -0.3 is 10.2 Å². The van der Waals surface area contributed by atoms with Crippen molar-refractivity contribution in [3.63, 3.8) is 0 Å². The molecule has 1 aliphatic carbocycles. The van der Waals surface area contributed by atoms with Crippen LogP contribution in [0.3, 0.4) is 0 Å². The Labute approximate surface area is 245 Å². The molecule has 1 heterocycles. The summed E-state index contributed by atoms with van der Waals surface area (Å²) in [6.45, 7) is 9.01. The number of alkyl halides is 3. The zero-order valence-corrected chi connectivity index (χ0v) is 24.8. The van der Waals surface area contributed by atoms with Gasteiger partial charge in [0.25, 0.3) is 5.91 Å². The van der Waals surface area contributed by atoms with Crippen molar-refractivity contribution >= 4 is 21.7 Å². The van der Waals surface area contributed by atoms with Gasteiger partial charge in [-0.2, -0.15) is 13.2 Å². The molecule has 0 unspecified atom stereocenters. The van der Waals surface area contributed by atoms with Crippen molar-refractivity contribution in [1.82, 2.24) is 15.1 Å². The number of carbonyl (C=O) groups excluding carboxylic acids is 2. The van der Waals surface area contributed by atoms with E-state index in [1.54, 1.807) is 35.2 Å². The second-order valence-electron chi connectivity index (χ2n) is 11.5. The normalized spacial score (nSPS) is 23.4. The monoisotopic (exact) mass is 605 g/mol. The summed E-state index contributed by atoms with van der Waals surface area (Å²) in [6, 6.07) is 11.7. The highest BCUT2D eigenvalue weighted by Crippen LogP contribution is 2.40. The molecule has 0 bridgehead atoms. The Kier molecular flexibility index (Phi) is 9.52. The van der Waals surface area contributed by atoms with Crippen molar-refractivity contribution in [2.24, 2.45) is 0 Å². The molecule has 0 radical (unpaired) electrons. The molecule has 2 aromatic carbocycles. The van der Waals surface area contributed by atoms with Crippen LogP contribution in [0.4, 0.5) is 13.2 Å².